The molecule has 19 heavy (non-hydrogen) atoms. The molecule has 0 amide bonds. The molecule has 0 radical (unpaired) electrons. The van der Waals surface area contributed by atoms with E-state index in [1.807, 2.05) is 20.8 Å². The van der Waals surface area contributed by atoms with Crippen molar-refractivity contribution in [1.82, 2.24) is 4.72 Å². The summed E-state index contributed by atoms with van der Waals surface area (Å²) in [5.41, 5.74) is -0.262. The van der Waals surface area contributed by atoms with E-state index in [0.717, 1.165) is 0 Å². The number of benzene rings is 1. The van der Waals surface area contributed by atoms with Gasteiger partial charge in [0.25, 0.3) is 0 Å². The van der Waals surface area contributed by atoms with Gasteiger partial charge in [0, 0.05) is 11.6 Å². The molecule has 2 N–H and O–H groups in total. The lowest BCUT2D eigenvalue weighted by molar-refractivity contribution is 0.0571. The summed E-state index contributed by atoms with van der Waals surface area (Å²) in [6.07, 6.45) is -0.196. The monoisotopic (exact) mass is 305 g/mol. The minimum atomic E-state index is -3.57. The number of sulfonamides is 1. The fourth-order valence-corrected chi connectivity index (χ4v) is 2.83. The smallest absolute Gasteiger partial charge is 0.240 e. The zero-order valence-electron chi connectivity index (χ0n) is 11.4. The second-order valence-corrected chi connectivity index (χ2v) is 7.73. The maximum absolute atomic E-state index is 12.0. The molecule has 6 heteroatoms. The number of hydrogen-bond acceptors (Lipinski definition) is 3. The van der Waals surface area contributed by atoms with Crippen molar-refractivity contribution in [3.8, 4) is 0 Å². The quantitative estimate of drug-likeness (QED) is 0.878. The Hall–Kier alpha value is -0.620. The fraction of sp³-hybridized carbons (Fsp3) is 0.538. The number of aliphatic hydroxyl groups excluding tert-OH is 1. The van der Waals surface area contributed by atoms with Gasteiger partial charge in [-0.05, 0) is 30.0 Å². The summed E-state index contributed by atoms with van der Waals surface area (Å²) in [6, 6.07) is 6.07. The molecule has 0 spiro atoms. The average Bonchev–Trinajstić information content (AvgIpc) is 2.27. The molecule has 0 aliphatic carbocycles. The minimum absolute atomic E-state index is 0.130. The average molecular weight is 306 g/mol. The first-order valence-corrected chi connectivity index (χ1v) is 7.92. The Morgan fingerprint density at radius 3 is 2.53 bits per heavy atom. The van der Waals surface area contributed by atoms with Gasteiger partial charge in [0.05, 0.1) is 11.0 Å². The van der Waals surface area contributed by atoms with Crippen LogP contribution in [0.2, 0.25) is 5.02 Å². The van der Waals surface area contributed by atoms with E-state index >= 15 is 0 Å². The Morgan fingerprint density at radius 1 is 1.37 bits per heavy atom. The van der Waals surface area contributed by atoms with Gasteiger partial charge < -0.3 is 5.11 Å². The molecule has 1 atom stereocenters. The molecule has 0 saturated carbocycles. The van der Waals surface area contributed by atoms with Crippen LogP contribution in [-0.4, -0.2) is 26.2 Å². The van der Waals surface area contributed by atoms with Gasteiger partial charge in [0.2, 0.25) is 10.0 Å². The van der Waals surface area contributed by atoms with Gasteiger partial charge in [-0.25, -0.2) is 13.1 Å². The number of hydrogen-bond donors (Lipinski definition) is 2. The number of halogens is 1. The minimum Gasteiger partial charge on any atom is -0.393 e. The van der Waals surface area contributed by atoms with Gasteiger partial charge >= 0.3 is 0 Å². The number of rotatable bonds is 5. The summed E-state index contributed by atoms with van der Waals surface area (Å²) < 4.78 is 26.4. The van der Waals surface area contributed by atoms with E-state index in [0.29, 0.717) is 11.4 Å². The molecule has 1 aromatic rings. The van der Waals surface area contributed by atoms with E-state index in [1.165, 1.54) is 12.1 Å². The second-order valence-electron chi connectivity index (χ2n) is 5.53. The maximum Gasteiger partial charge on any atom is 0.240 e. The molecule has 0 fully saturated rings. The summed E-state index contributed by atoms with van der Waals surface area (Å²) in [5.74, 6) is 0. The zero-order valence-corrected chi connectivity index (χ0v) is 12.9. The van der Waals surface area contributed by atoms with Crippen molar-refractivity contribution in [2.24, 2.45) is 5.41 Å². The summed E-state index contributed by atoms with van der Waals surface area (Å²) in [6.45, 7) is 5.91. The highest BCUT2D eigenvalue weighted by Gasteiger charge is 2.22. The third-order valence-corrected chi connectivity index (χ3v) is 4.51. The summed E-state index contributed by atoms with van der Waals surface area (Å²) >= 11 is 5.76. The topological polar surface area (TPSA) is 66.4 Å². The Balaban J connectivity index is 2.62. The second kappa shape index (κ2) is 6.22. The van der Waals surface area contributed by atoms with Crippen molar-refractivity contribution in [3.05, 3.63) is 29.3 Å². The van der Waals surface area contributed by atoms with Crippen molar-refractivity contribution in [2.45, 2.75) is 38.2 Å². The van der Waals surface area contributed by atoms with Crippen molar-refractivity contribution < 1.29 is 13.5 Å². The molecule has 0 aromatic heterocycles. The van der Waals surface area contributed by atoms with Crippen LogP contribution in [0.15, 0.2) is 29.2 Å². The summed E-state index contributed by atoms with van der Waals surface area (Å²) in [7, 11) is -3.57. The SMILES string of the molecule is CC(C)(C)C(O)CCNS(=O)(=O)c1cccc(Cl)c1. The van der Waals surface area contributed by atoms with Gasteiger partial charge in [-0.1, -0.05) is 38.4 Å². The molecule has 0 heterocycles. The molecule has 0 aliphatic heterocycles. The zero-order chi connectivity index (χ0) is 14.7. The first kappa shape index (κ1) is 16.4. The lowest BCUT2D eigenvalue weighted by atomic mass is 9.87. The van der Waals surface area contributed by atoms with Crippen LogP contribution < -0.4 is 4.72 Å². The van der Waals surface area contributed by atoms with Crippen LogP contribution in [0.5, 0.6) is 0 Å². The summed E-state index contributed by atoms with van der Waals surface area (Å²) in [4.78, 5) is 0.130. The van der Waals surface area contributed by atoms with Crippen molar-refractivity contribution in [2.75, 3.05) is 6.54 Å². The molecule has 0 aliphatic rings. The van der Waals surface area contributed by atoms with E-state index in [1.54, 1.807) is 12.1 Å². The predicted octanol–water partition coefficient (Wildman–Crippen LogP) is 2.42. The summed E-state index contributed by atoms with van der Waals surface area (Å²) in [5, 5.41) is 10.2. The lowest BCUT2D eigenvalue weighted by Crippen LogP contribution is -2.32. The van der Waals surface area contributed by atoms with E-state index < -0.39 is 16.1 Å². The normalized spacial score (nSPS) is 14.4. The molecular formula is C13H20ClNO3S. The van der Waals surface area contributed by atoms with Gasteiger partial charge in [-0.3, -0.25) is 0 Å². The van der Waals surface area contributed by atoms with Gasteiger partial charge in [-0.15, -0.1) is 0 Å². The van der Waals surface area contributed by atoms with Crippen LogP contribution in [0.3, 0.4) is 0 Å². The van der Waals surface area contributed by atoms with Crippen LogP contribution in [-0.2, 0) is 10.0 Å². The predicted molar refractivity (Wildman–Crippen MR) is 76.7 cm³/mol. The molecule has 108 valence electrons. The van der Waals surface area contributed by atoms with Crippen molar-refractivity contribution in [3.63, 3.8) is 0 Å². The van der Waals surface area contributed by atoms with Crippen LogP contribution in [0, 0.1) is 5.41 Å². The molecule has 1 unspecified atom stereocenters. The van der Waals surface area contributed by atoms with E-state index in [9.17, 15) is 13.5 Å². The molecule has 4 nitrogen and oxygen atoms in total. The highest BCUT2D eigenvalue weighted by atomic mass is 35.5. The molecular weight excluding hydrogens is 286 g/mol. The number of nitrogens with one attached hydrogen (secondary N) is 1. The van der Waals surface area contributed by atoms with Crippen molar-refractivity contribution in [1.29, 1.82) is 0 Å². The highest BCUT2D eigenvalue weighted by molar-refractivity contribution is 7.89. The molecule has 0 saturated heterocycles. The Labute approximate surface area is 119 Å². The van der Waals surface area contributed by atoms with Gasteiger partial charge in [0.1, 0.15) is 0 Å². The Morgan fingerprint density at radius 2 is 2.00 bits per heavy atom. The van der Waals surface area contributed by atoms with E-state index in [-0.39, 0.29) is 16.9 Å². The Bertz CT molecular complexity index is 523. The molecule has 0 bridgehead atoms. The lowest BCUT2D eigenvalue weighted by Gasteiger charge is -2.25. The van der Waals surface area contributed by atoms with Crippen LogP contribution in [0.25, 0.3) is 0 Å². The van der Waals surface area contributed by atoms with Crippen LogP contribution >= 0.6 is 11.6 Å². The number of aliphatic hydroxyl groups is 1. The third-order valence-electron chi connectivity index (χ3n) is 2.82. The fourth-order valence-electron chi connectivity index (χ4n) is 1.48. The maximum atomic E-state index is 12.0. The molecule has 1 aromatic carbocycles. The highest BCUT2D eigenvalue weighted by Crippen LogP contribution is 2.21. The standard InChI is InChI=1S/C13H20ClNO3S/c1-13(2,3)12(16)7-8-15-19(17,18)11-6-4-5-10(14)9-11/h4-6,9,12,15-16H,7-8H2,1-3H3. The Kier molecular flexibility index (Phi) is 5.38. The first-order chi connectivity index (χ1) is 8.63. The van der Waals surface area contributed by atoms with E-state index in [2.05, 4.69) is 4.72 Å². The third kappa shape index (κ3) is 5.10. The van der Waals surface area contributed by atoms with Crippen LogP contribution in [0.4, 0.5) is 0 Å². The van der Waals surface area contributed by atoms with E-state index in [4.69, 9.17) is 11.6 Å². The van der Waals surface area contributed by atoms with Gasteiger partial charge in [0.15, 0.2) is 0 Å². The van der Waals surface area contributed by atoms with Crippen LogP contribution in [0.1, 0.15) is 27.2 Å². The first-order valence-electron chi connectivity index (χ1n) is 6.06. The van der Waals surface area contributed by atoms with Crippen molar-refractivity contribution >= 4 is 21.6 Å². The largest absolute Gasteiger partial charge is 0.393 e. The van der Waals surface area contributed by atoms with Gasteiger partial charge in [-0.2, -0.15) is 0 Å². The molecule has 1 rings (SSSR count).